The van der Waals surface area contributed by atoms with Crippen molar-refractivity contribution in [1.29, 1.82) is 5.41 Å². The molecule has 0 saturated carbocycles. The molecule has 1 aliphatic rings. The average molecular weight is 234 g/mol. The molecule has 1 unspecified atom stereocenters. The molecular formula is C11H18N6. The maximum atomic E-state index is 7.26. The normalized spacial score (nSPS) is 21.5. The van der Waals surface area contributed by atoms with Crippen LogP contribution in [0.3, 0.4) is 0 Å². The first-order chi connectivity index (χ1) is 8.08. The summed E-state index contributed by atoms with van der Waals surface area (Å²) in [6, 6.07) is 0.512. The number of likely N-dealkylation sites (N-methyl/N-ethyl adjacent to an activating group) is 1. The van der Waals surface area contributed by atoms with Gasteiger partial charge in [-0.1, -0.05) is 0 Å². The van der Waals surface area contributed by atoms with Crippen molar-refractivity contribution in [2.24, 2.45) is 5.73 Å². The van der Waals surface area contributed by atoms with Crippen LogP contribution in [0.25, 0.3) is 0 Å². The molecule has 1 atom stereocenters. The summed E-state index contributed by atoms with van der Waals surface area (Å²) < 4.78 is 0. The summed E-state index contributed by atoms with van der Waals surface area (Å²) in [5.74, 6) is 0.811. The summed E-state index contributed by atoms with van der Waals surface area (Å²) in [5, 5.41) is 7.26. The molecule has 1 aromatic rings. The van der Waals surface area contributed by atoms with E-state index in [0.29, 0.717) is 11.7 Å². The van der Waals surface area contributed by atoms with Gasteiger partial charge >= 0.3 is 0 Å². The molecule has 0 amide bonds. The lowest BCUT2D eigenvalue weighted by Crippen LogP contribution is -2.50. The van der Waals surface area contributed by atoms with Crippen LogP contribution in [0, 0.1) is 5.41 Å². The van der Waals surface area contributed by atoms with Crippen molar-refractivity contribution >= 4 is 11.7 Å². The van der Waals surface area contributed by atoms with Crippen LogP contribution >= 0.6 is 0 Å². The molecule has 0 bridgehead atoms. The van der Waals surface area contributed by atoms with Crippen molar-refractivity contribution in [3.8, 4) is 0 Å². The minimum atomic E-state index is -0.0456. The topological polar surface area (TPSA) is 82.1 Å². The Hall–Kier alpha value is -1.69. The summed E-state index contributed by atoms with van der Waals surface area (Å²) in [5.41, 5.74) is 5.77. The molecule has 2 rings (SSSR count). The molecule has 1 aromatic heterocycles. The Morgan fingerprint density at radius 1 is 1.41 bits per heavy atom. The van der Waals surface area contributed by atoms with Gasteiger partial charge in [0.15, 0.2) is 0 Å². The molecule has 2 heterocycles. The number of nitrogen functional groups attached to an aromatic ring is 1. The SMILES string of the molecule is CC1CN(c2cnc(C(=N)N)cn2)CCN1C. The second-order valence-corrected chi connectivity index (χ2v) is 4.45. The monoisotopic (exact) mass is 234 g/mol. The summed E-state index contributed by atoms with van der Waals surface area (Å²) in [7, 11) is 2.13. The molecule has 1 saturated heterocycles. The Morgan fingerprint density at radius 3 is 2.71 bits per heavy atom. The number of hydrogen-bond acceptors (Lipinski definition) is 5. The van der Waals surface area contributed by atoms with E-state index in [1.54, 1.807) is 12.4 Å². The van der Waals surface area contributed by atoms with Crippen LogP contribution in [0.5, 0.6) is 0 Å². The van der Waals surface area contributed by atoms with Gasteiger partial charge in [0.25, 0.3) is 0 Å². The Bertz CT molecular complexity index is 401. The van der Waals surface area contributed by atoms with E-state index in [1.165, 1.54) is 0 Å². The van der Waals surface area contributed by atoms with Crippen molar-refractivity contribution in [3.63, 3.8) is 0 Å². The van der Waals surface area contributed by atoms with Crippen molar-refractivity contribution in [3.05, 3.63) is 18.1 Å². The van der Waals surface area contributed by atoms with Gasteiger partial charge in [0.05, 0.1) is 12.4 Å². The van der Waals surface area contributed by atoms with Crippen LogP contribution in [0.4, 0.5) is 5.82 Å². The molecule has 92 valence electrons. The number of aromatic nitrogens is 2. The Balaban J connectivity index is 2.10. The van der Waals surface area contributed by atoms with Crippen LogP contribution < -0.4 is 10.6 Å². The van der Waals surface area contributed by atoms with E-state index in [1.807, 2.05) is 0 Å². The Kier molecular flexibility index (Phi) is 3.23. The van der Waals surface area contributed by atoms with Crippen LogP contribution in [-0.4, -0.2) is 53.4 Å². The zero-order chi connectivity index (χ0) is 12.4. The van der Waals surface area contributed by atoms with Crippen LogP contribution in [0.1, 0.15) is 12.6 Å². The predicted octanol–water partition coefficient (Wildman–Crippen LogP) is -0.0990. The first-order valence-corrected chi connectivity index (χ1v) is 5.69. The molecule has 0 spiro atoms. The van der Waals surface area contributed by atoms with E-state index in [4.69, 9.17) is 11.1 Å². The quantitative estimate of drug-likeness (QED) is 0.551. The number of hydrogen-bond donors (Lipinski definition) is 2. The first kappa shape index (κ1) is 11.8. The third-order valence-corrected chi connectivity index (χ3v) is 3.20. The second kappa shape index (κ2) is 4.67. The predicted molar refractivity (Wildman–Crippen MR) is 67.4 cm³/mol. The van der Waals surface area contributed by atoms with E-state index < -0.39 is 0 Å². The molecule has 1 fully saturated rings. The fourth-order valence-electron chi connectivity index (χ4n) is 1.88. The molecule has 6 heteroatoms. The van der Waals surface area contributed by atoms with Gasteiger partial charge in [0.1, 0.15) is 17.3 Å². The number of amidine groups is 1. The van der Waals surface area contributed by atoms with Crippen molar-refractivity contribution < 1.29 is 0 Å². The highest BCUT2D eigenvalue weighted by Crippen LogP contribution is 2.14. The van der Waals surface area contributed by atoms with Crippen LogP contribution in [-0.2, 0) is 0 Å². The van der Waals surface area contributed by atoms with E-state index in [-0.39, 0.29) is 5.84 Å². The first-order valence-electron chi connectivity index (χ1n) is 5.69. The molecule has 0 aliphatic carbocycles. The van der Waals surface area contributed by atoms with Gasteiger partial charge in [0.2, 0.25) is 0 Å². The number of rotatable bonds is 2. The molecule has 3 N–H and O–H groups in total. The fourth-order valence-corrected chi connectivity index (χ4v) is 1.88. The summed E-state index contributed by atoms with van der Waals surface area (Å²) in [6.07, 6.45) is 3.25. The van der Waals surface area contributed by atoms with Crippen LogP contribution in [0.2, 0.25) is 0 Å². The summed E-state index contributed by atoms with van der Waals surface area (Å²) in [4.78, 5) is 13.0. The summed E-state index contributed by atoms with van der Waals surface area (Å²) >= 11 is 0. The number of nitrogens with one attached hydrogen (secondary N) is 1. The highest BCUT2D eigenvalue weighted by molar-refractivity contribution is 5.92. The lowest BCUT2D eigenvalue weighted by Gasteiger charge is -2.38. The number of nitrogens with zero attached hydrogens (tertiary/aromatic N) is 4. The third kappa shape index (κ3) is 2.52. The zero-order valence-corrected chi connectivity index (χ0v) is 10.2. The lowest BCUT2D eigenvalue weighted by atomic mass is 10.2. The lowest BCUT2D eigenvalue weighted by molar-refractivity contribution is 0.233. The number of anilines is 1. The van der Waals surface area contributed by atoms with Crippen molar-refractivity contribution in [2.75, 3.05) is 31.6 Å². The standard InChI is InChI=1S/C11H18N6/c1-8-7-17(4-3-16(8)2)10-6-14-9(5-15-10)11(12)13/h5-6,8H,3-4,7H2,1-2H3,(H3,12,13). The van der Waals surface area contributed by atoms with Gasteiger partial charge < -0.3 is 15.5 Å². The smallest absolute Gasteiger partial charge is 0.147 e. The minimum Gasteiger partial charge on any atom is -0.382 e. The van der Waals surface area contributed by atoms with Crippen LogP contribution in [0.15, 0.2) is 12.4 Å². The van der Waals surface area contributed by atoms with E-state index in [9.17, 15) is 0 Å². The average Bonchev–Trinajstić information content (AvgIpc) is 2.33. The number of nitrogens with two attached hydrogens (primary N) is 1. The third-order valence-electron chi connectivity index (χ3n) is 3.20. The van der Waals surface area contributed by atoms with Crippen molar-refractivity contribution in [2.45, 2.75) is 13.0 Å². The maximum absolute atomic E-state index is 7.26. The Morgan fingerprint density at radius 2 is 2.18 bits per heavy atom. The Labute approximate surface area is 101 Å². The van der Waals surface area contributed by atoms with Gasteiger partial charge in [0, 0.05) is 25.7 Å². The van der Waals surface area contributed by atoms with Gasteiger partial charge in [-0.2, -0.15) is 0 Å². The van der Waals surface area contributed by atoms with Crippen molar-refractivity contribution in [1.82, 2.24) is 14.9 Å². The molecule has 17 heavy (non-hydrogen) atoms. The highest BCUT2D eigenvalue weighted by Gasteiger charge is 2.21. The zero-order valence-electron chi connectivity index (χ0n) is 10.2. The molecule has 6 nitrogen and oxygen atoms in total. The van der Waals surface area contributed by atoms with E-state index in [2.05, 4.69) is 33.7 Å². The van der Waals surface area contributed by atoms with E-state index >= 15 is 0 Å². The molecular weight excluding hydrogens is 216 g/mol. The van der Waals surface area contributed by atoms with Gasteiger partial charge in [-0.3, -0.25) is 5.41 Å². The second-order valence-electron chi connectivity index (χ2n) is 4.45. The molecule has 1 aliphatic heterocycles. The van der Waals surface area contributed by atoms with Gasteiger partial charge in [-0.05, 0) is 14.0 Å². The molecule has 0 radical (unpaired) electrons. The number of piperazine rings is 1. The highest BCUT2D eigenvalue weighted by atomic mass is 15.3. The summed E-state index contributed by atoms with van der Waals surface area (Å²) in [6.45, 7) is 5.13. The fraction of sp³-hybridized carbons (Fsp3) is 0.545. The maximum Gasteiger partial charge on any atom is 0.147 e. The minimum absolute atomic E-state index is 0.0456. The van der Waals surface area contributed by atoms with Gasteiger partial charge in [-0.15, -0.1) is 0 Å². The van der Waals surface area contributed by atoms with E-state index in [0.717, 1.165) is 25.5 Å². The van der Waals surface area contributed by atoms with Gasteiger partial charge in [-0.25, -0.2) is 9.97 Å². The largest absolute Gasteiger partial charge is 0.382 e. The molecule has 0 aromatic carbocycles.